The zero-order chi connectivity index (χ0) is 21.4. The molecule has 0 spiro atoms. The Bertz CT molecular complexity index is 448. The summed E-state index contributed by atoms with van der Waals surface area (Å²) in [4.78, 5) is 23.5. The fraction of sp³-hybridized carbons (Fsp3) is 0.920. The number of carbonyl (C=O) groups is 2. The van der Waals surface area contributed by atoms with Crippen LogP contribution in [0.15, 0.2) is 0 Å². The SMILES string of the molecule is CCCCCCCCCCCCCCCCCC1(C(=O)O)CCCCC1C(=O)O. The Morgan fingerprint density at radius 2 is 1.17 bits per heavy atom. The Morgan fingerprint density at radius 1 is 0.724 bits per heavy atom. The van der Waals surface area contributed by atoms with Crippen molar-refractivity contribution < 1.29 is 19.8 Å². The van der Waals surface area contributed by atoms with Crippen LogP contribution in [0.25, 0.3) is 0 Å². The average Bonchev–Trinajstić information content (AvgIpc) is 2.70. The van der Waals surface area contributed by atoms with Crippen LogP contribution in [0.1, 0.15) is 135 Å². The molecular formula is C25H46O4. The lowest BCUT2D eigenvalue weighted by atomic mass is 9.63. The van der Waals surface area contributed by atoms with Crippen LogP contribution in [0, 0.1) is 11.3 Å². The summed E-state index contributed by atoms with van der Waals surface area (Å²) in [5.74, 6) is -2.52. The number of hydrogen-bond donors (Lipinski definition) is 2. The molecule has 0 aromatic heterocycles. The lowest BCUT2D eigenvalue weighted by molar-refractivity contribution is -0.166. The molecular weight excluding hydrogens is 364 g/mol. The number of carboxylic acid groups (broad SMARTS) is 2. The van der Waals surface area contributed by atoms with Gasteiger partial charge in [0.15, 0.2) is 0 Å². The zero-order valence-electron chi connectivity index (χ0n) is 18.9. The van der Waals surface area contributed by atoms with E-state index in [0.29, 0.717) is 19.3 Å². The molecule has 0 amide bonds. The molecule has 29 heavy (non-hydrogen) atoms. The Kier molecular flexibility index (Phi) is 14.1. The molecule has 1 rings (SSSR count). The van der Waals surface area contributed by atoms with Crippen LogP contribution in [-0.4, -0.2) is 22.2 Å². The first kappa shape index (κ1) is 26.0. The topological polar surface area (TPSA) is 74.6 Å². The third-order valence-corrected chi connectivity index (χ3v) is 6.98. The summed E-state index contributed by atoms with van der Waals surface area (Å²) in [5, 5.41) is 19.2. The van der Waals surface area contributed by atoms with Crippen LogP contribution in [0.3, 0.4) is 0 Å². The Hall–Kier alpha value is -1.06. The number of unbranched alkanes of at least 4 members (excludes halogenated alkanes) is 14. The molecule has 0 saturated heterocycles. The van der Waals surface area contributed by atoms with Gasteiger partial charge in [0.05, 0.1) is 11.3 Å². The van der Waals surface area contributed by atoms with Gasteiger partial charge in [-0.05, 0) is 19.3 Å². The quantitative estimate of drug-likeness (QED) is 0.228. The fourth-order valence-electron chi connectivity index (χ4n) is 5.07. The lowest BCUT2D eigenvalue weighted by Gasteiger charge is -2.38. The maximum absolute atomic E-state index is 11.9. The van der Waals surface area contributed by atoms with Crippen molar-refractivity contribution in [2.45, 2.75) is 135 Å². The van der Waals surface area contributed by atoms with E-state index < -0.39 is 23.3 Å². The largest absolute Gasteiger partial charge is 0.481 e. The van der Waals surface area contributed by atoms with Gasteiger partial charge in [0, 0.05) is 0 Å². The molecule has 0 aromatic rings. The second kappa shape index (κ2) is 15.7. The van der Waals surface area contributed by atoms with Crippen LogP contribution in [-0.2, 0) is 9.59 Å². The number of hydrogen-bond acceptors (Lipinski definition) is 2. The monoisotopic (exact) mass is 410 g/mol. The molecule has 2 N–H and O–H groups in total. The first-order chi connectivity index (χ1) is 14.0. The molecule has 2 unspecified atom stereocenters. The highest BCUT2D eigenvalue weighted by Crippen LogP contribution is 2.45. The van der Waals surface area contributed by atoms with E-state index in [0.717, 1.165) is 32.1 Å². The molecule has 4 nitrogen and oxygen atoms in total. The van der Waals surface area contributed by atoms with Crippen molar-refractivity contribution >= 4 is 11.9 Å². The van der Waals surface area contributed by atoms with E-state index >= 15 is 0 Å². The second-order valence-electron chi connectivity index (χ2n) is 9.30. The van der Waals surface area contributed by atoms with Gasteiger partial charge >= 0.3 is 11.9 Å². The van der Waals surface area contributed by atoms with Crippen molar-refractivity contribution in [1.29, 1.82) is 0 Å². The van der Waals surface area contributed by atoms with Gasteiger partial charge in [-0.2, -0.15) is 0 Å². The third-order valence-electron chi connectivity index (χ3n) is 6.98. The molecule has 1 fully saturated rings. The van der Waals surface area contributed by atoms with Crippen LogP contribution in [0.5, 0.6) is 0 Å². The van der Waals surface area contributed by atoms with Crippen molar-refractivity contribution in [3.8, 4) is 0 Å². The van der Waals surface area contributed by atoms with E-state index in [1.807, 2.05) is 0 Å². The van der Waals surface area contributed by atoms with Crippen molar-refractivity contribution in [1.82, 2.24) is 0 Å². The molecule has 2 atom stereocenters. The van der Waals surface area contributed by atoms with E-state index in [4.69, 9.17) is 0 Å². The molecule has 0 aromatic carbocycles. The van der Waals surface area contributed by atoms with Gasteiger partial charge in [0.1, 0.15) is 0 Å². The molecule has 1 aliphatic rings. The van der Waals surface area contributed by atoms with E-state index in [9.17, 15) is 19.8 Å². The van der Waals surface area contributed by atoms with Crippen molar-refractivity contribution in [3.05, 3.63) is 0 Å². The second-order valence-corrected chi connectivity index (χ2v) is 9.30. The summed E-state index contributed by atoms with van der Waals surface area (Å²) in [7, 11) is 0. The molecule has 1 aliphatic carbocycles. The van der Waals surface area contributed by atoms with Gasteiger partial charge < -0.3 is 10.2 Å². The maximum atomic E-state index is 11.9. The highest BCUT2D eigenvalue weighted by atomic mass is 16.4. The first-order valence-electron chi connectivity index (χ1n) is 12.5. The van der Waals surface area contributed by atoms with Crippen molar-refractivity contribution in [3.63, 3.8) is 0 Å². The van der Waals surface area contributed by atoms with Crippen LogP contribution < -0.4 is 0 Å². The first-order valence-corrected chi connectivity index (χ1v) is 12.5. The molecule has 0 aliphatic heterocycles. The normalized spacial score (nSPS) is 21.9. The van der Waals surface area contributed by atoms with E-state index in [1.54, 1.807) is 0 Å². The van der Waals surface area contributed by atoms with Crippen molar-refractivity contribution in [2.24, 2.45) is 11.3 Å². The minimum Gasteiger partial charge on any atom is -0.481 e. The molecule has 4 heteroatoms. The smallest absolute Gasteiger partial charge is 0.310 e. The highest BCUT2D eigenvalue weighted by molar-refractivity contribution is 5.83. The molecule has 170 valence electrons. The van der Waals surface area contributed by atoms with Gasteiger partial charge in [-0.25, -0.2) is 0 Å². The number of rotatable bonds is 18. The van der Waals surface area contributed by atoms with E-state index in [-0.39, 0.29) is 0 Å². The van der Waals surface area contributed by atoms with Crippen molar-refractivity contribution in [2.75, 3.05) is 0 Å². The molecule has 0 bridgehead atoms. The van der Waals surface area contributed by atoms with Crippen LogP contribution in [0.4, 0.5) is 0 Å². The fourth-order valence-corrected chi connectivity index (χ4v) is 5.07. The lowest BCUT2D eigenvalue weighted by Crippen LogP contribution is -2.44. The van der Waals surface area contributed by atoms with Crippen LogP contribution in [0.2, 0.25) is 0 Å². The van der Waals surface area contributed by atoms with E-state index in [1.165, 1.54) is 77.0 Å². The van der Waals surface area contributed by atoms with Gasteiger partial charge in [-0.3, -0.25) is 9.59 Å². The summed E-state index contributed by atoms with van der Waals surface area (Å²) >= 11 is 0. The predicted molar refractivity (Wildman–Crippen MR) is 119 cm³/mol. The summed E-state index contributed by atoms with van der Waals surface area (Å²) < 4.78 is 0. The van der Waals surface area contributed by atoms with Crippen LogP contribution >= 0.6 is 0 Å². The van der Waals surface area contributed by atoms with Gasteiger partial charge in [0.25, 0.3) is 0 Å². The third kappa shape index (κ3) is 10.00. The summed E-state index contributed by atoms with van der Waals surface area (Å²) in [6.07, 6.45) is 22.5. The zero-order valence-corrected chi connectivity index (χ0v) is 18.9. The Balaban J connectivity index is 2.04. The van der Waals surface area contributed by atoms with Gasteiger partial charge in [-0.15, -0.1) is 0 Å². The standard InChI is InChI=1S/C25H46O4/c1-2-3-4-5-6-7-8-9-10-11-12-13-14-15-17-20-25(24(28)29)21-18-16-19-22(25)23(26)27/h22H,2-21H2,1H3,(H,26,27)(H,28,29). The maximum Gasteiger partial charge on any atom is 0.310 e. The minimum absolute atomic E-state index is 0.514. The predicted octanol–water partition coefficient (Wildman–Crippen LogP) is 7.59. The highest BCUT2D eigenvalue weighted by Gasteiger charge is 2.50. The number of carboxylic acids is 2. The molecule has 1 saturated carbocycles. The Morgan fingerprint density at radius 3 is 1.59 bits per heavy atom. The van der Waals surface area contributed by atoms with Gasteiger partial charge in [0.2, 0.25) is 0 Å². The average molecular weight is 411 g/mol. The van der Waals surface area contributed by atoms with Gasteiger partial charge in [-0.1, -0.05) is 116 Å². The Labute approximate surface area is 178 Å². The summed E-state index contributed by atoms with van der Waals surface area (Å²) in [5.41, 5.74) is -1.03. The minimum atomic E-state index is -1.03. The summed E-state index contributed by atoms with van der Waals surface area (Å²) in [6.45, 7) is 2.26. The van der Waals surface area contributed by atoms with E-state index in [2.05, 4.69) is 6.92 Å². The molecule has 0 heterocycles. The molecule has 0 radical (unpaired) electrons. The summed E-state index contributed by atoms with van der Waals surface area (Å²) in [6, 6.07) is 0. The number of aliphatic carboxylic acids is 2.